The molecule has 3 heterocycles. The number of unbranched alkanes of at least 4 members (excludes halogenated alkanes) is 12. The number of fused-ring (bicyclic) bond motifs is 11. The lowest BCUT2D eigenvalue weighted by Crippen LogP contribution is -2.24. The van der Waals surface area contributed by atoms with E-state index in [4.69, 9.17) is 0 Å². The average Bonchev–Trinajstić information content (AvgIpc) is 3.89. The smallest absolute Gasteiger partial charge is 0.0639 e. The van der Waals surface area contributed by atoms with Crippen molar-refractivity contribution in [2.24, 2.45) is 0 Å². The number of halogens is 2. The maximum Gasteiger partial charge on any atom is 0.0639 e. The quantitative estimate of drug-likeness (QED) is 0.0684. The lowest BCUT2D eigenvalue weighted by molar-refractivity contribution is 0.406. The highest BCUT2D eigenvalue weighted by Gasteiger charge is 2.48. The van der Waals surface area contributed by atoms with Crippen molar-refractivity contribution in [3.63, 3.8) is 0 Å². The van der Waals surface area contributed by atoms with E-state index < -0.39 is 0 Å². The fourth-order valence-electron chi connectivity index (χ4n) is 9.75. The van der Waals surface area contributed by atoms with Gasteiger partial charge in [-0.1, -0.05) is 174 Å². The molecule has 274 valence electrons. The Morgan fingerprint density at radius 2 is 0.784 bits per heavy atom. The van der Waals surface area contributed by atoms with E-state index in [9.17, 15) is 0 Å². The highest BCUT2D eigenvalue weighted by molar-refractivity contribution is 9.10. The van der Waals surface area contributed by atoms with Crippen LogP contribution in [0.25, 0.3) is 41.1 Å². The molecule has 0 amide bonds. The van der Waals surface area contributed by atoms with Crippen molar-refractivity contribution in [2.45, 2.75) is 167 Å². The van der Waals surface area contributed by atoms with E-state index in [1.807, 2.05) is 0 Å². The van der Waals surface area contributed by atoms with Crippen molar-refractivity contribution in [3.8, 4) is 22.3 Å². The Kier molecular flexibility index (Phi) is 12.6. The molecule has 0 saturated heterocycles. The molecule has 0 atom stereocenters. The maximum absolute atomic E-state index is 3.93. The van der Waals surface area contributed by atoms with Gasteiger partial charge in [-0.05, 0) is 72.2 Å². The van der Waals surface area contributed by atoms with Gasteiger partial charge in [-0.25, -0.2) is 0 Å². The first-order chi connectivity index (χ1) is 24.9. The van der Waals surface area contributed by atoms with E-state index in [0.717, 1.165) is 0 Å². The molecule has 51 heavy (non-hydrogen) atoms. The zero-order chi connectivity index (χ0) is 35.6. The Labute approximate surface area is 337 Å². The number of hydrogen-bond acceptors (Lipinski definition) is 3. The summed E-state index contributed by atoms with van der Waals surface area (Å²) in [5, 5.41) is 0. The first-order valence-corrected chi connectivity index (χ1v) is 24.6. The third kappa shape index (κ3) is 6.93. The third-order valence-electron chi connectivity index (χ3n) is 12.4. The van der Waals surface area contributed by atoms with Crippen molar-refractivity contribution in [1.29, 1.82) is 0 Å². The average molecular weight is 867 g/mol. The molecule has 0 nitrogen and oxygen atoms in total. The van der Waals surface area contributed by atoms with Crippen LogP contribution in [-0.4, -0.2) is 0 Å². The fraction of sp³-hybridized carbons (Fsp3) is 0.565. The Hall–Kier alpha value is -0.980. The van der Waals surface area contributed by atoms with E-state index in [2.05, 4.69) is 130 Å². The lowest BCUT2D eigenvalue weighted by atomic mass is 9.74. The van der Waals surface area contributed by atoms with Gasteiger partial charge in [0.1, 0.15) is 0 Å². The van der Waals surface area contributed by atoms with Crippen molar-refractivity contribution in [3.05, 3.63) is 66.2 Å². The summed E-state index contributed by atoms with van der Waals surface area (Å²) in [6, 6.07) is 14.6. The standard InChI is InChI=1S/C46H58Br2S3/c1-5-9-13-17-25-45(26-18-14-10-6-2)35-29-31(47)21-23-33(35)37-39-41(50-43(37)45)42-40(49-39)38-34-24-22-32(48)30-36(34)46(44(38)51-42,27-19-15-11-7-3)28-20-16-12-8-4/h21-24,29-30H,5-20,25-28H2,1-4H3. The van der Waals surface area contributed by atoms with E-state index in [1.54, 1.807) is 50.8 Å². The van der Waals surface area contributed by atoms with Crippen molar-refractivity contribution in [1.82, 2.24) is 0 Å². The second-order valence-corrected chi connectivity index (χ2v) is 20.7. The number of rotatable bonds is 20. The molecule has 0 fully saturated rings. The molecule has 2 aliphatic carbocycles. The number of benzene rings is 2. The van der Waals surface area contributed by atoms with Crippen LogP contribution in [0.2, 0.25) is 0 Å². The van der Waals surface area contributed by atoms with Gasteiger partial charge in [-0.2, -0.15) is 0 Å². The SMILES string of the molecule is CCCCCCC1(CCCCCC)c2cc(Br)ccc2-c2c1sc1c2sc2c3c(sc21)C(CCCCCC)(CCCCCC)c1cc(Br)ccc1-3. The van der Waals surface area contributed by atoms with Crippen LogP contribution < -0.4 is 0 Å². The van der Waals surface area contributed by atoms with Gasteiger partial charge in [0.25, 0.3) is 0 Å². The topological polar surface area (TPSA) is 0 Å². The van der Waals surface area contributed by atoms with Gasteiger partial charge >= 0.3 is 0 Å². The van der Waals surface area contributed by atoms with Crippen LogP contribution in [-0.2, 0) is 10.8 Å². The highest BCUT2D eigenvalue weighted by atomic mass is 79.9. The van der Waals surface area contributed by atoms with Crippen LogP contribution in [0.3, 0.4) is 0 Å². The van der Waals surface area contributed by atoms with Gasteiger partial charge in [0.05, 0.1) is 18.8 Å². The van der Waals surface area contributed by atoms with Crippen LogP contribution in [0.4, 0.5) is 0 Å². The van der Waals surface area contributed by atoms with Gasteiger partial charge in [0.2, 0.25) is 0 Å². The van der Waals surface area contributed by atoms with E-state index in [1.165, 1.54) is 148 Å². The molecule has 0 saturated carbocycles. The van der Waals surface area contributed by atoms with Crippen molar-refractivity contribution < 1.29 is 0 Å². The van der Waals surface area contributed by atoms with Crippen LogP contribution in [0, 0.1) is 0 Å². The first-order valence-electron chi connectivity index (χ1n) is 20.6. The van der Waals surface area contributed by atoms with Gasteiger partial charge in [0.15, 0.2) is 0 Å². The summed E-state index contributed by atoms with van der Waals surface area (Å²) in [5.41, 5.74) is 9.78. The summed E-state index contributed by atoms with van der Waals surface area (Å²) in [6.45, 7) is 9.39. The second kappa shape index (κ2) is 16.8. The normalized spacial score (nSPS) is 15.2. The molecule has 0 radical (unpaired) electrons. The zero-order valence-electron chi connectivity index (χ0n) is 31.6. The predicted octanol–water partition coefficient (Wildman–Crippen LogP) is 18.1. The minimum atomic E-state index is 0.146. The monoisotopic (exact) mass is 864 g/mol. The number of hydrogen-bond donors (Lipinski definition) is 0. The molecule has 0 aliphatic heterocycles. The van der Waals surface area contributed by atoms with Crippen LogP contribution >= 0.6 is 65.9 Å². The highest BCUT2D eigenvalue weighted by Crippen LogP contribution is 2.66. The van der Waals surface area contributed by atoms with E-state index in [-0.39, 0.29) is 10.8 Å². The molecular weight excluding hydrogens is 809 g/mol. The summed E-state index contributed by atoms with van der Waals surface area (Å²) < 4.78 is 8.83. The Balaban J connectivity index is 1.40. The second-order valence-electron chi connectivity index (χ2n) is 15.8. The molecule has 5 heteroatoms. The first kappa shape index (κ1) is 38.3. The van der Waals surface area contributed by atoms with E-state index >= 15 is 0 Å². The molecule has 0 unspecified atom stereocenters. The minimum absolute atomic E-state index is 0.146. The van der Waals surface area contributed by atoms with Crippen LogP contribution in [0.1, 0.15) is 177 Å². The van der Waals surface area contributed by atoms with Crippen LogP contribution in [0.5, 0.6) is 0 Å². The molecule has 0 bridgehead atoms. The molecule has 2 aliphatic rings. The molecule has 3 aromatic heterocycles. The Bertz CT molecular complexity index is 1790. The summed E-state index contributed by atoms with van der Waals surface area (Å²) >= 11 is 14.4. The van der Waals surface area contributed by atoms with Crippen molar-refractivity contribution >= 4 is 84.7 Å². The largest absolute Gasteiger partial charge is 0.136 e. The summed E-state index contributed by atoms with van der Waals surface area (Å²) in [7, 11) is 0. The molecule has 7 rings (SSSR count). The van der Waals surface area contributed by atoms with Gasteiger partial charge < -0.3 is 0 Å². The molecular formula is C46H58Br2S3. The van der Waals surface area contributed by atoms with E-state index in [0.29, 0.717) is 0 Å². The Morgan fingerprint density at radius 3 is 1.12 bits per heavy atom. The molecule has 0 N–H and O–H groups in total. The Morgan fingerprint density at radius 1 is 0.431 bits per heavy atom. The number of thiophene rings is 3. The van der Waals surface area contributed by atoms with Gasteiger partial charge in [-0.15, -0.1) is 34.0 Å². The third-order valence-corrected chi connectivity index (χ3v) is 17.8. The minimum Gasteiger partial charge on any atom is -0.136 e. The van der Waals surface area contributed by atoms with Crippen LogP contribution in [0.15, 0.2) is 45.3 Å². The zero-order valence-corrected chi connectivity index (χ0v) is 37.2. The summed E-state index contributed by atoms with van der Waals surface area (Å²) in [6.07, 6.45) is 26.4. The molecule has 5 aromatic rings. The summed E-state index contributed by atoms with van der Waals surface area (Å²) in [4.78, 5) is 3.41. The fourth-order valence-corrected chi connectivity index (χ4v) is 15.5. The van der Waals surface area contributed by atoms with Gasteiger partial charge in [0, 0.05) is 40.7 Å². The molecule has 2 aromatic carbocycles. The summed E-state index contributed by atoms with van der Waals surface area (Å²) in [5.74, 6) is 0. The molecule has 0 spiro atoms. The van der Waals surface area contributed by atoms with Crippen molar-refractivity contribution in [2.75, 3.05) is 0 Å². The maximum atomic E-state index is 3.93. The lowest BCUT2D eigenvalue weighted by Gasteiger charge is -2.32. The predicted molar refractivity (Wildman–Crippen MR) is 238 cm³/mol. The van der Waals surface area contributed by atoms with Gasteiger partial charge in [-0.3, -0.25) is 0 Å².